The van der Waals surface area contributed by atoms with Gasteiger partial charge in [-0.3, -0.25) is 0 Å². The monoisotopic (exact) mass is 327 g/mol. The van der Waals surface area contributed by atoms with Crippen LogP contribution in [0.15, 0.2) is 30.5 Å². The Balaban J connectivity index is 1.35. The van der Waals surface area contributed by atoms with Crippen molar-refractivity contribution in [3.63, 3.8) is 0 Å². The Morgan fingerprint density at radius 2 is 1.92 bits per heavy atom. The number of hydrogen-bond donors (Lipinski definition) is 1. The summed E-state index contributed by atoms with van der Waals surface area (Å²) in [5.41, 5.74) is 1.34. The maximum Gasteiger partial charge on any atom is 0.120 e. The minimum atomic E-state index is 0.635. The number of nitrogens with one attached hydrogen (secondary N) is 1. The molecule has 1 N–H and O–H groups in total. The molecule has 3 heterocycles. The van der Waals surface area contributed by atoms with Gasteiger partial charge in [-0.25, -0.2) is 0 Å². The van der Waals surface area contributed by atoms with E-state index in [-0.39, 0.29) is 0 Å². The molecule has 1 aromatic carbocycles. The number of likely N-dealkylation sites (tertiary alicyclic amines) is 1. The number of aromatic nitrogens is 1. The maximum atomic E-state index is 5.98. The van der Waals surface area contributed by atoms with Crippen molar-refractivity contribution < 1.29 is 4.74 Å². The van der Waals surface area contributed by atoms with Gasteiger partial charge in [0.25, 0.3) is 0 Å². The minimum absolute atomic E-state index is 0.635. The van der Waals surface area contributed by atoms with E-state index in [1.165, 1.54) is 56.2 Å². The first-order valence-corrected chi connectivity index (χ1v) is 9.57. The average Bonchev–Trinajstić information content (AvgIpc) is 3.29. The van der Waals surface area contributed by atoms with E-state index in [9.17, 15) is 0 Å². The molecule has 0 amide bonds. The third kappa shape index (κ3) is 3.60. The first-order chi connectivity index (χ1) is 11.9. The molecule has 2 aromatic rings. The first kappa shape index (κ1) is 16.0. The number of piperidine rings is 1. The zero-order valence-corrected chi connectivity index (χ0v) is 14.5. The van der Waals surface area contributed by atoms with Crippen molar-refractivity contribution >= 4 is 10.9 Å². The highest BCUT2D eigenvalue weighted by Crippen LogP contribution is 2.28. The molecule has 24 heavy (non-hydrogen) atoms. The Bertz CT molecular complexity index is 654. The van der Waals surface area contributed by atoms with Crippen LogP contribution in [0.25, 0.3) is 10.9 Å². The van der Waals surface area contributed by atoms with E-state index in [0.29, 0.717) is 6.04 Å². The number of hydrogen-bond acceptors (Lipinski definition) is 3. The van der Waals surface area contributed by atoms with Crippen LogP contribution in [0.1, 0.15) is 38.1 Å². The Hall–Kier alpha value is -1.52. The smallest absolute Gasteiger partial charge is 0.120 e. The lowest BCUT2D eigenvalue weighted by molar-refractivity contribution is 0.263. The number of ether oxygens (including phenoxy) is 1. The lowest BCUT2D eigenvalue weighted by Crippen LogP contribution is -2.29. The molecule has 0 unspecified atom stereocenters. The highest BCUT2D eigenvalue weighted by Gasteiger charge is 2.16. The molecule has 0 spiro atoms. The van der Waals surface area contributed by atoms with Gasteiger partial charge in [-0.05, 0) is 82.5 Å². The summed E-state index contributed by atoms with van der Waals surface area (Å²) < 4.78 is 8.43. The average molecular weight is 327 g/mol. The second kappa shape index (κ2) is 7.58. The largest absolute Gasteiger partial charge is 0.494 e. The predicted octanol–water partition coefficient (Wildman–Crippen LogP) is 3.43. The number of benzene rings is 1. The van der Waals surface area contributed by atoms with E-state index in [4.69, 9.17) is 4.74 Å². The minimum Gasteiger partial charge on any atom is -0.494 e. The van der Waals surface area contributed by atoms with Crippen LogP contribution in [-0.4, -0.2) is 48.8 Å². The molecule has 0 atom stereocenters. The zero-order chi connectivity index (χ0) is 16.2. The van der Waals surface area contributed by atoms with Crippen LogP contribution in [-0.2, 0) is 0 Å². The molecule has 4 heteroatoms. The molecule has 2 saturated heterocycles. The third-order valence-corrected chi connectivity index (χ3v) is 5.48. The standard InChI is InChI=1S/C20H29N3O/c1-2-12-22(11-1)13-3-15-24-19-4-5-20-17(16-19)8-14-23(20)18-6-9-21-10-7-18/h4-5,8,14,16,18,21H,1-3,6-7,9-13,15H2. The van der Waals surface area contributed by atoms with Crippen molar-refractivity contribution in [2.75, 3.05) is 39.3 Å². The Labute approximate surface area is 144 Å². The molecule has 4 rings (SSSR count). The van der Waals surface area contributed by atoms with Crippen LogP contribution in [0.5, 0.6) is 5.75 Å². The lowest BCUT2D eigenvalue weighted by atomic mass is 10.1. The highest BCUT2D eigenvalue weighted by molar-refractivity contribution is 5.81. The fourth-order valence-corrected chi connectivity index (χ4v) is 4.12. The first-order valence-electron chi connectivity index (χ1n) is 9.57. The van der Waals surface area contributed by atoms with Gasteiger partial charge >= 0.3 is 0 Å². The summed E-state index contributed by atoms with van der Waals surface area (Å²) in [7, 11) is 0. The second-order valence-electron chi connectivity index (χ2n) is 7.18. The molecule has 4 nitrogen and oxygen atoms in total. The highest BCUT2D eigenvalue weighted by atomic mass is 16.5. The van der Waals surface area contributed by atoms with Gasteiger partial charge in [-0.2, -0.15) is 0 Å². The summed E-state index contributed by atoms with van der Waals surface area (Å²) in [4.78, 5) is 2.55. The number of nitrogens with zero attached hydrogens (tertiary/aromatic N) is 2. The molecule has 130 valence electrons. The SMILES string of the molecule is c1cc2c(ccn2C2CCNCC2)cc1OCCCN1CCCC1. The lowest BCUT2D eigenvalue weighted by Gasteiger charge is -2.25. The van der Waals surface area contributed by atoms with Crippen LogP contribution >= 0.6 is 0 Å². The zero-order valence-electron chi connectivity index (χ0n) is 14.5. The van der Waals surface area contributed by atoms with Gasteiger partial charge in [0.1, 0.15) is 5.75 Å². The van der Waals surface area contributed by atoms with Gasteiger partial charge in [0, 0.05) is 29.7 Å². The Kier molecular flexibility index (Phi) is 5.04. The topological polar surface area (TPSA) is 29.4 Å². The summed E-state index contributed by atoms with van der Waals surface area (Å²) >= 11 is 0. The summed E-state index contributed by atoms with van der Waals surface area (Å²) in [5, 5.41) is 4.74. The Morgan fingerprint density at radius 3 is 2.75 bits per heavy atom. The van der Waals surface area contributed by atoms with Crippen molar-refractivity contribution in [1.29, 1.82) is 0 Å². The van der Waals surface area contributed by atoms with Crippen LogP contribution in [0.2, 0.25) is 0 Å². The van der Waals surface area contributed by atoms with Gasteiger partial charge in [-0.1, -0.05) is 0 Å². The normalized spacial score (nSPS) is 20.0. The van der Waals surface area contributed by atoms with E-state index in [1.807, 2.05) is 0 Å². The molecule has 0 saturated carbocycles. The van der Waals surface area contributed by atoms with Gasteiger partial charge < -0.3 is 19.5 Å². The Morgan fingerprint density at radius 1 is 1.08 bits per heavy atom. The third-order valence-electron chi connectivity index (χ3n) is 5.48. The summed E-state index contributed by atoms with van der Waals surface area (Å²) in [6, 6.07) is 9.43. The van der Waals surface area contributed by atoms with E-state index in [1.54, 1.807) is 0 Å². The fraction of sp³-hybridized carbons (Fsp3) is 0.600. The molecule has 0 radical (unpaired) electrons. The number of fused-ring (bicyclic) bond motifs is 1. The van der Waals surface area contributed by atoms with Gasteiger partial charge in [0.2, 0.25) is 0 Å². The second-order valence-corrected chi connectivity index (χ2v) is 7.18. The summed E-state index contributed by atoms with van der Waals surface area (Å²) in [6.07, 6.45) is 8.54. The van der Waals surface area contributed by atoms with Crippen LogP contribution in [0, 0.1) is 0 Å². The molecule has 0 aliphatic carbocycles. The summed E-state index contributed by atoms with van der Waals surface area (Å²) in [6.45, 7) is 6.79. The molecular formula is C20H29N3O. The van der Waals surface area contributed by atoms with E-state index in [2.05, 4.69) is 45.2 Å². The van der Waals surface area contributed by atoms with Crippen LogP contribution in [0.4, 0.5) is 0 Å². The van der Waals surface area contributed by atoms with Crippen molar-refractivity contribution in [1.82, 2.24) is 14.8 Å². The quantitative estimate of drug-likeness (QED) is 0.824. The molecule has 2 aliphatic rings. The van der Waals surface area contributed by atoms with Crippen molar-refractivity contribution in [3.05, 3.63) is 30.5 Å². The maximum absolute atomic E-state index is 5.98. The number of rotatable bonds is 6. The van der Waals surface area contributed by atoms with Crippen LogP contribution < -0.4 is 10.1 Å². The predicted molar refractivity (Wildman–Crippen MR) is 98.9 cm³/mol. The van der Waals surface area contributed by atoms with E-state index < -0.39 is 0 Å². The van der Waals surface area contributed by atoms with Crippen molar-refractivity contribution in [2.45, 2.75) is 38.1 Å². The van der Waals surface area contributed by atoms with E-state index in [0.717, 1.165) is 31.9 Å². The fourth-order valence-electron chi connectivity index (χ4n) is 4.12. The molecular weight excluding hydrogens is 298 g/mol. The molecule has 1 aromatic heterocycles. The van der Waals surface area contributed by atoms with Gasteiger partial charge in [0.05, 0.1) is 6.61 Å². The van der Waals surface area contributed by atoms with Gasteiger partial charge in [-0.15, -0.1) is 0 Å². The van der Waals surface area contributed by atoms with Crippen molar-refractivity contribution in [2.24, 2.45) is 0 Å². The molecule has 0 bridgehead atoms. The van der Waals surface area contributed by atoms with Gasteiger partial charge in [0.15, 0.2) is 0 Å². The van der Waals surface area contributed by atoms with Crippen molar-refractivity contribution in [3.8, 4) is 5.75 Å². The molecule has 2 aliphatic heterocycles. The van der Waals surface area contributed by atoms with Crippen LogP contribution in [0.3, 0.4) is 0 Å². The molecule has 2 fully saturated rings. The van der Waals surface area contributed by atoms with E-state index >= 15 is 0 Å². The summed E-state index contributed by atoms with van der Waals surface area (Å²) in [5.74, 6) is 1.01.